The van der Waals surface area contributed by atoms with E-state index in [2.05, 4.69) is 10.1 Å². The molecule has 0 bridgehead atoms. The summed E-state index contributed by atoms with van der Waals surface area (Å²) in [7, 11) is 0. The van der Waals surface area contributed by atoms with Crippen LogP contribution in [0.5, 0.6) is 5.75 Å². The average molecular weight is 362 g/mol. The number of hydrogen-bond acceptors (Lipinski definition) is 4. The van der Waals surface area contributed by atoms with Crippen LogP contribution in [0.1, 0.15) is 22.1 Å². The van der Waals surface area contributed by atoms with Gasteiger partial charge in [0, 0.05) is 10.6 Å². The van der Waals surface area contributed by atoms with E-state index in [4.69, 9.17) is 27.9 Å². The number of carbonyl (C=O) groups is 1. The number of halogens is 2. The Morgan fingerprint density at radius 2 is 2.04 bits per heavy atom. The van der Waals surface area contributed by atoms with Crippen molar-refractivity contribution >= 4 is 29.0 Å². The van der Waals surface area contributed by atoms with Crippen LogP contribution in [0, 0.1) is 6.92 Å². The van der Waals surface area contributed by atoms with E-state index in [-0.39, 0.29) is 10.8 Å². The van der Waals surface area contributed by atoms with Gasteiger partial charge in [-0.1, -0.05) is 35.3 Å². The summed E-state index contributed by atoms with van der Waals surface area (Å²) in [6, 6.07) is 12.1. The number of benzene rings is 2. The monoisotopic (exact) mass is 361 g/mol. The van der Waals surface area contributed by atoms with Gasteiger partial charge in [0.05, 0.1) is 5.02 Å². The molecule has 0 radical (unpaired) electrons. The predicted molar refractivity (Wildman–Crippen MR) is 91.7 cm³/mol. The van der Waals surface area contributed by atoms with Gasteiger partial charge in [-0.2, -0.15) is 5.10 Å². The Kier molecular flexibility index (Phi) is 4.83. The highest BCUT2D eigenvalue weighted by molar-refractivity contribution is 6.36. The molecule has 0 saturated carbocycles. The van der Waals surface area contributed by atoms with Gasteiger partial charge in [0.2, 0.25) is 5.78 Å². The van der Waals surface area contributed by atoms with Crippen molar-refractivity contribution in [3.63, 3.8) is 0 Å². The van der Waals surface area contributed by atoms with Crippen molar-refractivity contribution in [1.29, 1.82) is 0 Å². The number of ether oxygens (including phenoxy) is 1. The topological polar surface area (TPSA) is 57.0 Å². The van der Waals surface area contributed by atoms with E-state index >= 15 is 0 Å². The highest BCUT2D eigenvalue weighted by Crippen LogP contribution is 2.27. The molecule has 1 aromatic heterocycles. The van der Waals surface area contributed by atoms with E-state index in [1.165, 1.54) is 23.4 Å². The predicted octanol–water partition coefficient (Wildman–Crippen LogP) is 4.35. The lowest BCUT2D eigenvalue weighted by molar-refractivity contribution is 0.0619. The van der Waals surface area contributed by atoms with Crippen LogP contribution in [0.15, 0.2) is 55.1 Å². The van der Waals surface area contributed by atoms with Crippen molar-refractivity contribution in [3.05, 3.63) is 76.3 Å². The van der Waals surface area contributed by atoms with Crippen molar-refractivity contribution in [2.24, 2.45) is 0 Å². The molecule has 3 rings (SSSR count). The Morgan fingerprint density at radius 1 is 1.21 bits per heavy atom. The van der Waals surface area contributed by atoms with Crippen LogP contribution >= 0.6 is 23.2 Å². The molecule has 2 aromatic carbocycles. The van der Waals surface area contributed by atoms with Crippen molar-refractivity contribution in [1.82, 2.24) is 14.8 Å². The lowest BCUT2D eigenvalue weighted by Crippen LogP contribution is -2.26. The number of nitrogens with zero attached hydrogens (tertiary/aromatic N) is 3. The third-order valence-electron chi connectivity index (χ3n) is 3.34. The van der Waals surface area contributed by atoms with E-state index in [1.807, 2.05) is 25.1 Å². The molecular weight excluding hydrogens is 349 g/mol. The normalized spacial score (nSPS) is 12.0. The largest absolute Gasteiger partial charge is 0.461 e. The first kappa shape index (κ1) is 16.5. The number of hydrogen-bond donors (Lipinski definition) is 0. The molecule has 5 nitrogen and oxygen atoms in total. The second kappa shape index (κ2) is 7.03. The Balaban J connectivity index is 1.97. The molecule has 0 fully saturated rings. The summed E-state index contributed by atoms with van der Waals surface area (Å²) in [6.45, 7) is 1.94. The van der Waals surface area contributed by atoms with Crippen molar-refractivity contribution in [2.75, 3.05) is 0 Å². The summed E-state index contributed by atoms with van der Waals surface area (Å²) >= 11 is 12.0. The fraction of sp³-hybridized carbons (Fsp3) is 0.118. The third kappa shape index (κ3) is 3.58. The van der Waals surface area contributed by atoms with Gasteiger partial charge in [0.15, 0.2) is 0 Å². The van der Waals surface area contributed by atoms with E-state index < -0.39 is 6.23 Å². The molecule has 7 heteroatoms. The maximum Gasteiger partial charge on any atom is 0.256 e. The minimum atomic E-state index is -1.02. The molecule has 0 spiro atoms. The SMILES string of the molecule is Cc1cccc(OC(C(=O)c2ccc(Cl)cc2Cl)n2cncn2)c1. The summed E-state index contributed by atoms with van der Waals surface area (Å²) in [6.07, 6.45) is 1.74. The number of ketones is 1. The van der Waals surface area contributed by atoms with Crippen molar-refractivity contribution in [2.45, 2.75) is 13.2 Å². The van der Waals surface area contributed by atoms with Gasteiger partial charge < -0.3 is 4.74 Å². The Hall–Kier alpha value is -2.37. The minimum absolute atomic E-state index is 0.255. The summed E-state index contributed by atoms with van der Waals surface area (Å²) in [4.78, 5) is 16.8. The maximum absolute atomic E-state index is 12.9. The zero-order chi connectivity index (χ0) is 17.1. The van der Waals surface area contributed by atoms with E-state index in [0.29, 0.717) is 16.3 Å². The second-order valence-corrected chi connectivity index (χ2v) is 5.99. The molecule has 1 unspecified atom stereocenters. The smallest absolute Gasteiger partial charge is 0.256 e. The average Bonchev–Trinajstić information content (AvgIpc) is 3.06. The zero-order valence-electron chi connectivity index (χ0n) is 12.7. The Labute approximate surface area is 148 Å². The fourth-order valence-corrected chi connectivity index (χ4v) is 2.71. The summed E-state index contributed by atoms with van der Waals surface area (Å²) in [5.41, 5.74) is 1.32. The summed E-state index contributed by atoms with van der Waals surface area (Å²) < 4.78 is 7.20. The van der Waals surface area contributed by atoms with Crippen LogP contribution in [0.3, 0.4) is 0 Å². The maximum atomic E-state index is 12.9. The number of Topliss-reactive ketones (excluding diaryl/α,β-unsaturated/α-hetero) is 1. The summed E-state index contributed by atoms with van der Waals surface area (Å²) in [5.74, 6) is 0.206. The van der Waals surface area contributed by atoms with Crippen LogP contribution in [0.25, 0.3) is 0 Å². The Bertz CT molecular complexity index is 866. The molecule has 24 heavy (non-hydrogen) atoms. The first-order valence-corrected chi connectivity index (χ1v) is 7.87. The molecule has 1 heterocycles. The standard InChI is InChI=1S/C17H13Cl2N3O2/c1-11-3-2-4-13(7-11)24-17(22-10-20-9-21-22)16(23)14-6-5-12(18)8-15(14)19/h2-10,17H,1H3. The van der Waals surface area contributed by atoms with Crippen LogP contribution in [0.4, 0.5) is 0 Å². The zero-order valence-corrected chi connectivity index (χ0v) is 14.2. The molecule has 0 aliphatic rings. The fourth-order valence-electron chi connectivity index (χ4n) is 2.21. The van der Waals surface area contributed by atoms with E-state index in [0.717, 1.165) is 5.56 Å². The van der Waals surface area contributed by atoms with Gasteiger partial charge in [-0.05, 0) is 42.8 Å². The van der Waals surface area contributed by atoms with Crippen LogP contribution in [-0.2, 0) is 0 Å². The lowest BCUT2D eigenvalue weighted by atomic mass is 10.1. The molecule has 122 valence electrons. The van der Waals surface area contributed by atoms with Crippen LogP contribution in [0.2, 0.25) is 10.0 Å². The lowest BCUT2D eigenvalue weighted by Gasteiger charge is -2.19. The quantitative estimate of drug-likeness (QED) is 0.633. The highest BCUT2D eigenvalue weighted by atomic mass is 35.5. The number of rotatable bonds is 5. The van der Waals surface area contributed by atoms with Crippen molar-refractivity contribution < 1.29 is 9.53 Å². The second-order valence-electron chi connectivity index (χ2n) is 5.15. The molecule has 0 amide bonds. The number of carbonyl (C=O) groups excluding carboxylic acids is 1. The van der Waals surface area contributed by atoms with Gasteiger partial charge in [0.25, 0.3) is 6.23 Å². The number of aryl methyl sites for hydroxylation is 1. The third-order valence-corrected chi connectivity index (χ3v) is 3.88. The van der Waals surface area contributed by atoms with Gasteiger partial charge >= 0.3 is 0 Å². The summed E-state index contributed by atoms with van der Waals surface area (Å²) in [5, 5.41) is 4.73. The van der Waals surface area contributed by atoms with Crippen LogP contribution in [-0.4, -0.2) is 20.5 Å². The first-order chi connectivity index (χ1) is 11.5. The van der Waals surface area contributed by atoms with Crippen molar-refractivity contribution in [3.8, 4) is 5.75 Å². The molecule has 1 atom stereocenters. The van der Waals surface area contributed by atoms with Crippen LogP contribution < -0.4 is 4.74 Å². The van der Waals surface area contributed by atoms with Gasteiger partial charge in [-0.15, -0.1) is 0 Å². The Morgan fingerprint density at radius 3 is 2.71 bits per heavy atom. The molecule has 0 aliphatic heterocycles. The molecule has 0 N–H and O–H groups in total. The minimum Gasteiger partial charge on any atom is -0.461 e. The molecule has 3 aromatic rings. The van der Waals surface area contributed by atoms with Gasteiger partial charge in [-0.3, -0.25) is 4.79 Å². The van der Waals surface area contributed by atoms with E-state index in [1.54, 1.807) is 18.2 Å². The van der Waals surface area contributed by atoms with E-state index in [9.17, 15) is 4.79 Å². The first-order valence-electron chi connectivity index (χ1n) is 7.11. The molecule has 0 aliphatic carbocycles. The highest BCUT2D eigenvalue weighted by Gasteiger charge is 2.26. The number of aromatic nitrogens is 3. The van der Waals surface area contributed by atoms with Gasteiger partial charge in [0.1, 0.15) is 18.4 Å². The molecular formula is C17H13Cl2N3O2. The molecule has 0 saturated heterocycles. The van der Waals surface area contributed by atoms with Gasteiger partial charge in [-0.25, -0.2) is 9.67 Å².